The van der Waals surface area contributed by atoms with Crippen LogP contribution < -0.4 is 9.47 Å². The number of amides is 1. The van der Waals surface area contributed by atoms with E-state index in [0.29, 0.717) is 19.4 Å². The molecular weight excluding hydrogens is 438 g/mol. The van der Waals surface area contributed by atoms with Crippen molar-refractivity contribution >= 4 is 12.1 Å². The van der Waals surface area contributed by atoms with Crippen LogP contribution in [0.15, 0.2) is 18.2 Å². The van der Waals surface area contributed by atoms with Crippen LogP contribution in [0.3, 0.4) is 0 Å². The minimum absolute atomic E-state index is 0.133. The zero-order chi connectivity index (χ0) is 24.9. The van der Waals surface area contributed by atoms with Crippen molar-refractivity contribution in [2.45, 2.75) is 77.8 Å². The normalized spacial score (nSPS) is 29.6. The van der Waals surface area contributed by atoms with Gasteiger partial charge in [-0.05, 0) is 72.6 Å². The zero-order valence-electron chi connectivity index (χ0n) is 21.3. The number of ether oxygens (including phenoxy) is 5. The van der Waals surface area contributed by atoms with Crippen LogP contribution in [0.1, 0.15) is 66.1 Å². The number of carbonyl (C=O) groups is 2. The summed E-state index contributed by atoms with van der Waals surface area (Å²) in [4.78, 5) is 28.0. The van der Waals surface area contributed by atoms with Crippen molar-refractivity contribution in [2.75, 3.05) is 26.8 Å². The Balaban J connectivity index is 1.71. The maximum Gasteiger partial charge on any atom is 0.410 e. The molecule has 0 radical (unpaired) electrons. The third kappa shape index (κ3) is 4.32. The van der Waals surface area contributed by atoms with Gasteiger partial charge in [0.25, 0.3) is 0 Å². The molecule has 8 heteroatoms. The summed E-state index contributed by atoms with van der Waals surface area (Å²) in [6, 6.07) is 5.74. The number of piperidine rings is 1. The van der Waals surface area contributed by atoms with Crippen molar-refractivity contribution in [3.05, 3.63) is 23.8 Å². The van der Waals surface area contributed by atoms with Crippen LogP contribution in [-0.2, 0) is 19.0 Å². The minimum Gasteiger partial charge on any atom is -0.497 e. The van der Waals surface area contributed by atoms with Crippen molar-refractivity contribution in [3.8, 4) is 11.5 Å². The molecule has 8 nitrogen and oxygen atoms in total. The molecule has 1 aromatic rings. The molecular formula is C26H37NO7. The first-order chi connectivity index (χ1) is 15.9. The van der Waals surface area contributed by atoms with Crippen LogP contribution in [0.5, 0.6) is 11.5 Å². The molecule has 4 rings (SSSR count). The molecule has 34 heavy (non-hydrogen) atoms. The lowest BCUT2D eigenvalue weighted by molar-refractivity contribution is -0.230. The Hall–Kier alpha value is -2.48. The lowest BCUT2D eigenvalue weighted by Crippen LogP contribution is -2.64. The fourth-order valence-electron chi connectivity index (χ4n) is 5.50. The van der Waals surface area contributed by atoms with Gasteiger partial charge in [-0.25, -0.2) is 4.79 Å². The van der Waals surface area contributed by atoms with Crippen LogP contribution in [0.25, 0.3) is 0 Å². The van der Waals surface area contributed by atoms with Gasteiger partial charge >= 0.3 is 12.1 Å². The molecule has 3 aliphatic heterocycles. The Morgan fingerprint density at radius 1 is 1.24 bits per heavy atom. The van der Waals surface area contributed by atoms with Crippen molar-refractivity contribution in [3.63, 3.8) is 0 Å². The topological polar surface area (TPSA) is 83.5 Å². The Labute approximate surface area is 201 Å². The quantitative estimate of drug-likeness (QED) is 0.595. The van der Waals surface area contributed by atoms with E-state index >= 15 is 0 Å². The fourth-order valence-corrected chi connectivity index (χ4v) is 5.50. The molecule has 1 aromatic carbocycles. The lowest BCUT2D eigenvalue weighted by Gasteiger charge is -2.57. The number of likely N-dealkylation sites (tertiary alicyclic amines) is 1. The molecule has 0 N–H and O–H groups in total. The van der Waals surface area contributed by atoms with Gasteiger partial charge in [-0.2, -0.15) is 0 Å². The monoisotopic (exact) mass is 475 g/mol. The van der Waals surface area contributed by atoms with Gasteiger partial charge in [0.15, 0.2) is 0 Å². The molecule has 188 valence electrons. The zero-order valence-corrected chi connectivity index (χ0v) is 21.3. The molecule has 0 saturated carbocycles. The molecule has 1 amide bonds. The second kappa shape index (κ2) is 8.63. The molecule has 3 heterocycles. The predicted octanol–water partition coefficient (Wildman–Crippen LogP) is 4.50. The number of methoxy groups -OCH3 is 1. The third-order valence-electron chi connectivity index (χ3n) is 7.13. The summed E-state index contributed by atoms with van der Waals surface area (Å²) in [6.45, 7) is 12.2. The maximum absolute atomic E-state index is 13.5. The average Bonchev–Trinajstić information content (AvgIpc) is 2.76. The summed E-state index contributed by atoms with van der Waals surface area (Å²) < 4.78 is 29.8. The van der Waals surface area contributed by atoms with E-state index in [1.807, 2.05) is 52.8 Å². The highest BCUT2D eigenvalue weighted by Gasteiger charge is 2.62. The standard InChI is InChI=1S/C26H37NO7/c1-8-31-22(28)26-14-18-21(17-13-16(30-7)9-10-19(17)33-25(18,5)6)32-20(26)11-12-27(15-26)23(29)34-24(2,3)4/h9-10,13,18,20-21H,8,11-12,14-15H2,1-7H3/t18-,20-,21+,26-/m0/s1. The fraction of sp³-hybridized carbons (Fsp3) is 0.692. The highest BCUT2D eigenvalue weighted by atomic mass is 16.6. The van der Waals surface area contributed by atoms with E-state index in [-0.39, 0.29) is 37.2 Å². The first-order valence-electron chi connectivity index (χ1n) is 12.1. The van der Waals surface area contributed by atoms with Crippen molar-refractivity contribution in [2.24, 2.45) is 11.3 Å². The van der Waals surface area contributed by atoms with E-state index in [0.717, 1.165) is 17.1 Å². The first-order valence-corrected chi connectivity index (χ1v) is 12.1. The number of fused-ring (bicyclic) bond motifs is 4. The largest absolute Gasteiger partial charge is 0.497 e. The number of rotatable bonds is 3. The number of benzene rings is 1. The molecule has 0 aromatic heterocycles. The first kappa shape index (κ1) is 24.6. The summed E-state index contributed by atoms with van der Waals surface area (Å²) in [7, 11) is 1.63. The van der Waals surface area contributed by atoms with Gasteiger partial charge in [0, 0.05) is 24.6 Å². The van der Waals surface area contributed by atoms with Gasteiger partial charge in [0.05, 0.1) is 25.9 Å². The summed E-state index contributed by atoms with van der Waals surface area (Å²) >= 11 is 0. The van der Waals surface area contributed by atoms with E-state index in [1.54, 1.807) is 18.9 Å². The van der Waals surface area contributed by atoms with Gasteiger partial charge in [0.1, 0.15) is 28.1 Å². The molecule has 2 saturated heterocycles. The maximum atomic E-state index is 13.5. The van der Waals surface area contributed by atoms with Crippen LogP contribution in [0.4, 0.5) is 4.79 Å². The summed E-state index contributed by atoms with van der Waals surface area (Å²) in [5, 5.41) is 0. The summed E-state index contributed by atoms with van der Waals surface area (Å²) in [5.74, 6) is 1.03. The van der Waals surface area contributed by atoms with Crippen LogP contribution in [-0.4, -0.2) is 61.1 Å². The highest BCUT2D eigenvalue weighted by molar-refractivity contribution is 5.80. The Morgan fingerprint density at radius 2 is 1.97 bits per heavy atom. The van der Waals surface area contributed by atoms with Gasteiger partial charge in [-0.1, -0.05) is 0 Å². The Bertz CT molecular complexity index is 953. The van der Waals surface area contributed by atoms with Gasteiger partial charge in [0.2, 0.25) is 0 Å². The molecule has 2 fully saturated rings. The average molecular weight is 476 g/mol. The smallest absolute Gasteiger partial charge is 0.410 e. The third-order valence-corrected chi connectivity index (χ3v) is 7.13. The highest BCUT2D eigenvalue weighted by Crippen LogP contribution is 2.57. The predicted molar refractivity (Wildman–Crippen MR) is 125 cm³/mol. The molecule has 4 atom stereocenters. The van der Waals surface area contributed by atoms with Gasteiger partial charge in [-0.3, -0.25) is 4.79 Å². The van der Waals surface area contributed by atoms with Crippen LogP contribution in [0.2, 0.25) is 0 Å². The minimum atomic E-state index is -0.997. The van der Waals surface area contributed by atoms with Crippen LogP contribution in [0, 0.1) is 11.3 Å². The van der Waals surface area contributed by atoms with Crippen molar-refractivity contribution < 1.29 is 33.3 Å². The number of carbonyl (C=O) groups excluding carboxylic acids is 2. The van der Waals surface area contributed by atoms with Gasteiger partial charge < -0.3 is 28.6 Å². The number of nitrogens with zero attached hydrogens (tertiary/aromatic N) is 1. The molecule has 3 aliphatic rings. The summed E-state index contributed by atoms with van der Waals surface area (Å²) in [6.07, 6.45) is -0.0775. The van der Waals surface area contributed by atoms with E-state index in [9.17, 15) is 9.59 Å². The summed E-state index contributed by atoms with van der Waals surface area (Å²) in [5.41, 5.74) is -1.29. The molecule has 0 spiro atoms. The lowest BCUT2D eigenvalue weighted by atomic mass is 9.63. The number of hydrogen-bond donors (Lipinski definition) is 0. The van der Waals surface area contributed by atoms with E-state index in [2.05, 4.69) is 0 Å². The van der Waals surface area contributed by atoms with E-state index < -0.39 is 22.7 Å². The Morgan fingerprint density at radius 3 is 2.62 bits per heavy atom. The van der Waals surface area contributed by atoms with Gasteiger partial charge in [-0.15, -0.1) is 0 Å². The second-order valence-electron chi connectivity index (χ2n) is 11.0. The van der Waals surface area contributed by atoms with Crippen molar-refractivity contribution in [1.82, 2.24) is 4.90 Å². The van der Waals surface area contributed by atoms with E-state index in [4.69, 9.17) is 23.7 Å². The molecule has 0 unspecified atom stereocenters. The molecule has 0 bridgehead atoms. The van der Waals surface area contributed by atoms with Crippen molar-refractivity contribution in [1.29, 1.82) is 0 Å². The molecule has 0 aliphatic carbocycles. The van der Waals surface area contributed by atoms with E-state index in [1.165, 1.54) is 0 Å². The van der Waals surface area contributed by atoms with Crippen LogP contribution >= 0.6 is 0 Å². The SMILES string of the molecule is CCOC(=O)[C@]12C[C@H]3[C@H](O[C@H]1CCN(C(=O)OC(C)(C)C)C2)c1cc(OC)ccc1OC3(C)C. The Kier molecular flexibility index (Phi) is 6.25. The number of hydrogen-bond acceptors (Lipinski definition) is 7. The second-order valence-corrected chi connectivity index (χ2v) is 11.0. The number of esters is 1.